The number of alkyl halides is 2. The van der Waals surface area contributed by atoms with E-state index in [2.05, 4.69) is 30.9 Å². The minimum absolute atomic E-state index is 0.0230. The summed E-state index contributed by atoms with van der Waals surface area (Å²) >= 11 is 0. The van der Waals surface area contributed by atoms with Crippen LogP contribution in [0.2, 0.25) is 0 Å². The molecule has 3 aliphatic heterocycles. The number of pyridine rings is 1. The van der Waals surface area contributed by atoms with Crippen LogP contribution in [0.5, 0.6) is 0 Å². The van der Waals surface area contributed by atoms with E-state index in [0.717, 1.165) is 11.4 Å². The third-order valence-electron chi connectivity index (χ3n) is 10.4. The summed E-state index contributed by atoms with van der Waals surface area (Å²) in [5.41, 5.74) is 1.45. The van der Waals surface area contributed by atoms with E-state index in [0.29, 0.717) is 56.0 Å². The smallest absolute Gasteiger partial charge is 0.276 e. The average molecular weight is 620 g/mol. The van der Waals surface area contributed by atoms with Gasteiger partial charge in [0.05, 0.1) is 29.8 Å². The zero-order valence-corrected chi connectivity index (χ0v) is 24.4. The van der Waals surface area contributed by atoms with Crippen molar-refractivity contribution in [2.75, 3.05) is 36.4 Å². The number of likely N-dealkylation sites (tertiary alicyclic amines) is 1. The summed E-state index contributed by atoms with van der Waals surface area (Å²) in [5.74, 6) is -4.24. The first-order chi connectivity index (χ1) is 21.5. The van der Waals surface area contributed by atoms with Crippen LogP contribution in [-0.4, -0.2) is 85.6 Å². The minimum atomic E-state index is -2.73. The number of nitrogens with zero attached hydrogens (tertiary/aromatic N) is 6. The fourth-order valence-corrected chi connectivity index (χ4v) is 7.27. The Bertz CT molecular complexity index is 1740. The molecule has 6 heterocycles. The summed E-state index contributed by atoms with van der Waals surface area (Å²) in [6, 6.07) is 3.67. The first-order valence-electron chi connectivity index (χ1n) is 15.1. The Morgan fingerprint density at radius 2 is 1.91 bits per heavy atom. The molecule has 5 aliphatic rings. The van der Waals surface area contributed by atoms with Crippen LogP contribution >= 0.6 is 0 Å². The Balaban J connectivity index is 0.813. The molecule has 2 aliphatic carbocycles. The van der Waals surface area contributed by atoms with Crippen LogP contribution in [-0.2, 0) is 27.2 Å². The van der Waals surface area contributed by atoms with Crippen molar-refractivity contribution < 1.29 is 28.0 Å². The summed E-state index contributed by atoms with van der Waals surface area (Å²) < 4.78 is 30.2. The van der Waals surface area contributed by atoms with Gasteiger partial charge in [0.2, 0.25) is 17.7 Å². The number of carbonyl (C=O) groups excluding carboxylic acids is 4. The van der Waals surface area contributed by atoms with Gasteiger partial charge in [-0.15, -0.1) is 0 Å². The maximum atomic E-state index is 14.3. The normalized spacial score (nSPS) is 27.2. The number of H-pyrrole nitrogens is 1. The third-order valence-corrected chi connectivity index (χ3v) is 10.4. The summed E-state index contributed by atoms with van der Waals surface area (Å²) in [6.07, 6.45) is 5.96. The van der Waals surface area contributed by atoms with Gasteiger partial charge in [-0.25, -0.2) is 13.8 Å². The van der Waals surface area contributed by atoms with Gasteiger partial charge >= 0.3 is 0 Å². The number of hydrogen-bond acceptors (Lipinski definition) is 8. The quantitative estimate of drug-likeness (QED) is 0.352. The summed E-state index contributed by atoms with van der Waals surface area (Å²) in [5, 5.41) is 16.4. The molecule has 8 rings (SSSR count). The van der Waals surface area contributed by atoms with Crippen LogP contribution in [0.15, 0.2) is 30.7 Å². The predicted octanol–water partition coefficient (Wildman–Crippen LogP) is 1.66. The second-order valence-corrected chi connectivity index (χ2v) is 13.1. The van der Waals surface area contributed by atoms with Crippen LogP contribution < -0.4 is 15.5 Å². The first-order valence-corrected chi connectivity index (χ1v) is 15.1. The minimum Gasteiger partial charge on any atom is -0.355 e. The van der Waals surface area contributed by atoms with Gasteiger partial charge in [0, 0.05) is 74.0 Å². The molecule has 234 valence electrons. The molecule has 3 N–H and O–H groups in total. The molecule has 13 nitrogen and oxygen atoms in total. The molecule has 45 heavy (non-hydrogen) atoms. The van der Waals surface area contributed by atoms with Gasteiger partial charge in [-0.2, -0.15) is 10.2 Å². The van der Waals surface area contributed by atoms with E-state index in [4.69, 9.17) is 0 Å². The van der Waals surface area contributed by atoms with E-state index in [1.54, 1.807) is 28.9 Å². The second-order valence-electron chi connectivity index (χ2n) is 13.1. The van der Waals surface area contributed by atoms with Gasteiger partial charge in [0.1, 0.15) is 5.82 Å². The van der Waals surface area contributed by atoms with E-state index in [-0.39, 0.29) is 54.1 Å². The maximum absolute atomic E-state index is 14.3. The van der Waals surface area contributed by atoms with Gasteiger partial charge in [-0.3, -0.25) is 34.3 Å². The lowest BCUT2D eigenvalue weighted by Gasteiger charge is -2.46. The lowest BCUT2D eigenvalue weighted by Crippen LogP contribution is -2.60. The van der Waals surface area contributed by atoms with Crippen molar-refractivity contribution in [1.29, 1.82) is 0 Å². The SMILES string of the molecule is C[C@@]12Cc3[nH]nc(C(=O)Nc4cnn(C5CN(C(=O)C6CN(c7ccc(C8CCC(=O)NC8=O)cn7)C6)C5)c4)c3C[C@@H]1C2(F)F. The molecule has 3 aromatic heterocycles. The molecular weight excluding hydrogens is 588 g/mol. The van der Waals surface area contributed by atoms with Crippen molar-refractivity contribution in [3.63, 3.8) is 0 Å². The monoisotopic (exact) mass is 619 g/mol. The van der Waals surface area contributed by atoms with Gasteiger partial charge in [0.15, 0.2) is 5.69 Å². The van der Waals surface area contributed by atoms with Crippen molar-refractivity contribution >= 4 is 35.1 Å². The Labute approximate surface area is 255 Å². The average Bonchev–Trinajstić information content (AvgIpc) is 3.37. The van der Waals surface area contributed by atoms with Gasteiger partial charge in [-0.1, -0.05) is 13.0 Å². The van der Waals surface area contributed by atoms with Crippen LogP contribution in [0.25, 0.3) is 0 Å². The van der Waals surface area contributed by atoms with Crippen molar-refractivity contribution in [2.45, 2.75) is 50.5 Å². The number of halogens is 2. The van der Waals surface area contributed by atoms with Crippen molar-refractivity contribution in [3.8, 4) is 0 Å². The number of hydrogen-bond donors (Lipinski definition) is 3. The molecule has 1 saturated carbocycles. The molecule has 3 aromatic rings. The summed E-state index contributed by atoms with van der Waals surface area (Å²) in [7, 11) is 0. The van der Waals surface area contributed by atoms with E-state index in [9.17, 15) is 28.0 Å². The highest BCUT2D eigenvalue weighted by Crippen LogP contribution is 2.70. The summed E-state index contributed by atoms with van der Waals surface area (Å²) in [4.78, 5) is 57.8. The Kier molecular flexibility index (Phi) is 5.97. The second kappa shape index (κ2) is 9.65. The predicted molar refractivity (Wildman–Crippen MR) is 153 cm³/mol. The molecule has 0 spiro atoms. The molecule has 0 radical (unpaired) electrons. The van der Waals surface area contributed by atoms with Gasteiger partial charge in [-0.05, 0) is 24.5 Å². The topological polar surface area (TPSA) is 158 Å². The van der Waals surface area contributed by atoms with Crippen molar-refractivity contribution in [1.82, 2.24) is 35.2 Å². The summed E-state index contributed by atoms with van der Waals surface area (Å²) in [6.45, 7) is 3.69. The highest BCUT2D eigenvalue weighted by atomic mass is 19.3. The molecule has 15 heteroatoms. The lowest BCUT2D eigenvalue weighted by atomic mass is 9.87. The fraction of sp³-hybridized carbons (Fsp3) is 0.500. The number of aromatic amines is 1. The molecule has 0 aromatic carbocycles. The zero-order chi connectivity index (χ0) is 31.2. The number of fused-ring (bicyclic) bond motifs is 2. The third kappa shape index (κ3) is 4.34. The fourth-order valence-electron chi connectivity index (χ4n) is 7.27. The molecule has 1 unspecified atom stereocenters. The Morgan fingerprint density at radius 1 is 1.11 bits per heavy atom. The maximum Gasteiger partial charge on any atom is 0.276 e. The lowest BCUT2D eigenvalue weighted by molar-refractivity contribution is -0.142. The molecule has 0 bridgehead atoms. The van der Waals surface area contributed by atoms with E-state index < -0.39 is 23.2 Å². The number of aromatic nitrogens is 5. The Hall–Kier alpha value is -4.69. The van der Waals surface area contributed by atoms with Crippen LogP contribution in [0, 0.1) is 17.3 Å². The number of nitrogens with one attached hydrogen (secondary N) is 3. The van der Waals surface area contributed by atoms with Gasteiger partial charge < -0.3 is 15.1 Å². The molecule has 4 fully saturated rings. The standard InChI is InChI=1S/C30H31F2N9O4/c1-29-7-21-20(6-22(29)30(29,31)32)25(38-37-21)27(44)35-17-9-34-41(12-17)18-13-40(14-18)28(45)16-10-39(11-16)23-4-2-15(8-33-23)19-3-5-24(42)36-26(19)43/h2,4,8-9,12,16,18-19,22H,3,5-7,10-11,13-14H2,1H3,(H,35,44)(H,37,38)(H,36,42,43)/t19?,22-,29+/m0/s1. The molecule has 3 atom stereocenters. The Morgan fingerprint density at radius 3 is 2.64 bits per heavy atom. The number of piperidine rings is 1. The zero-order valence-electron chi connectivity index (χ0n) is 24.4. The number of imide groups is 1. The van der Waals surface area contributed by atoms with Crippen molar-refractivity contribution in [2.24, 2.45) is 17.3 Å². The van der Waals surface area contributed by atoms with Crippen LogP contribution in [0.1, 0.15) is 59.0 Å². The van der Waals surface area contributed by atoms with E-state index >= 15 is 0 Å². The highest BCUT2D eigenvalue weighted by molar-refractivity contribution is 6.04. The van der Waals surface area contributed by atoms with E-state index in [1.165, 1.54) is 6.20 Å². The van der Waals surface area contributed by atoms with Crippen LogP contribution in [0.3, 0.4) is 0 Å². The molecule has 3 saturated heterocycles. The molecule has 4 amide bonds. The highest BCUT2D eigenvalue weighted by Gasteiger charge is 2.78. The number of carbonyl (C=O) groups is 4. The van der Waals surface area contributed by atoms with Gasteiger partial charge in [0.25, 0.3) is 11.8 Å². The largest absolute Gasteiger partial charge is 0.355 e. The number of anilines is 2. The number of amides is 4. The van der Waals surface area contributed by atoms with Crippen LogP contribution in [0.4, 0.5) is 20.3 Å². The van der Waals surface area contributed by atoms with E-state index in [1.807, 2.05) is 17.0 Å². The van der Waals surface area contributed by atoms with Crippen molar-refractivity contribution in [3.05, 3.63) is 53.2 Å². The number of rotatable bonds is 6. The molecular formula is C30H31F2N9O4. The first kappa shape index (κ1) is 27.8.